The number of nitrogens with two attached hydrogens (primary N) is 1. The standard InChI is InChI=1S/C17H26ClN3/c1-20-9-4-5-13-12-21(10-8-16(13)20)17(11-19)14-6-2-3-7-15(14)18/h2-3,6-7,13,16-17H,4-5,8-12,19H2,1H3. The highest BCUT2D eigenvalue weighted by Gasteiger charge is 2.36. The molecule has 1 aromatic carbocycles. The van der Waals surface area contributed by atoms with Crippen molar-refractivity contribution >= 4 is 11.6 Å². The highest BCUT2D eigenvalue weighted by Crippen LogP contribution is 2.35. The Kier molecular flexibility index (Phi) is 4.85. The van der Waals surface area contributed by atoms with E-state index in [1.807, 2.05) is 12.1 Å². The molecule has 1 aromatic rings. The number of fused-ring (bicyclic) bond motifs is 1. The van der Waals surface area contributed by atoms with E-state index in [1.165, 1.54) is 31.4 Å². The fourth-order valence-electron chi connectivity index (χ4n) is 4.18. The van der Waals surface area contributed by atoms with Crippen LogP contribution < -0.4 is 5.73 Å². The average molecular weight is 308 g/mol. The Labute approximate surface area is 133 Å². The van der Waals surface area contributed by atoms with Crippen LogP contribution in [0.5, 0.6) is 0 Å². The molecule has 3 unspecified atom stereocenters. The minimum atomic E-state index is 0.256. The van der Waals surface area contributed by atoms with Gasteiger partial charge < -0.3 is 10.6 Å². The fourth-order valence-corrected chi connectivity index (χ4v) is 4.44. The number of nitrogens with zero attached hydrogens (tertiary/aromatic N) is 2. The first-order chi connectivity index (χ1) is 10.2. The second-order valence-corrected chi connectivity index (χ2v) is 6.91. The SMILES string of the molecule is CN1CCCC2CN(C(CN)c3ccccc3Cl)CCC21. The second kappa shape index (κ2) is 6.66. The maximum absolute atomic E-state index is 6.39. The van der Waals surface area contributed by atoms with Crippen LogP contribution in [0.2, 0.25) is 5.02 Å². The van der Waals surface area contributed by atoms with E-state index < -0.39 is 0 Å². The van der Waals surface area contributed by atoms with E-state index in [0.717, 1.165) is 30.1 Å². The molecule has 2 heterocycles. The van der Waals surface area contributed by atoms with E-state index in [-0.39, 0.29) is 6.04 Å². The Balaban J connectivity index is 1.75. The number of piperidine rings is 2. The van der Waals surface area contributed by atoms with Gasteiger partial charge in [0.1, 0.15) is 0 Å². The topological polar surface area (TPSA) is 32.5 Å². The number of halogens is 1. The maximum atomic E-state index is 6.39. The summed E-state index contributed by atoms with van der Waals surface area (Å²) in [5.41, 5.74) is 7.27. The molecule has 0 spiro atoms. The van der Waals surface area contributed by atoms with E-state index in [1.54, 1.807) is 0 Å². The van der Waals surface area contributed by atoms with Crippen LogP contribution in [0.15, 0.2) is 24.3 Å². The summed E-state index contributed by atoms with van der Waals surface area (Å²) in [4.78, 5) is 5.11. The lowest BCUT2D eigenvalue weighted by Gasteiger charge is -2.48. The van der Waals surface area contributed by atoms with Crippen LogP contribution in [-0.2, 0) is 0 Å². The minimum absolute atomic E-state index is 0.256. The third-order valence-corrected chi connectivity index (χ3v) is 5.65. The smallest absolute Gasteiger partial charge is 0.0485 e. The first kappa shape index (κ1) is 15.3. The molecule has 3 atom stereocenters. The van der Waals surface area contributed by atoms with Gasteiger partial charge in [0.2, 0.25) is 0 Å². The predicted octanol–water partition coefficient (Wildman–Crippen LogP) is 2.76. The Bertz CT molecular complexity index is 479. The van der Waals surface area contributed by atoms with Crippen molar-refractivity contribution in [2.45, 2.75) is 31.3 Å². The molecule has 2 saturated heterocycles. The van der Waals surface area contributed by atoms with Gasteiger partial charge in [0.25, 0.3) is 0 Å². The summed E-state index contributed by atoms with van der Waals surface area (Å²) in [6.07, 6.45) is 3.93. The first-order valence-electron chi connectivity index (χ1n) is 8.09. The van der Waals surface area contributed by atoms with Gasteiger partial charge in [-0.2, -0.15) is 0 Å². The molecule has 116 valence electrons. The van der Waals surface area contributed by atoms with Gasteiger partial charge in [0.15, 0.2) is 0 Å². The highest BCUT2D eigenvalue weighted by atomic mass is 35.5. The van der Waals surface area contributed by atoms with Crippen molar-refractivity contribution in [3.8, 4) is 0 Å². The molecule has 2 N–H and O–H groups in total. The van der Waals surface area contributed by atoms with E-state index in [4.69, 9.17) is 17.3 Å². The van der Waals surface area contributed by atoms with E-state index >= 15 is 0 Å². The van der Waals surface area contributed by atoms with Crippen LogP contribution in [0.25, 0.3) is 0 Å². The molecule has 0 bridgehead atoms. The minimum Gasteiger partial charge on any atom is -0.329 e. The molecule has 4 heteroatoms. The van der Waals surface area contributed by atoms with Gasteiger partial charge in [-0.1, -0.05) is 29.8 Å². The summed E-state index contributed by atoms with van der Waals surface area (Å²) in [7, 11) is 2.28. The summed E-state index contributed by atoms with van der Waals surface area (Å²) in [5, 5.41) is 0.843. The third-order valence-electron chi connectivity index (χ3n) is 5.31. The maximum Gasteiger partial charge on any atom is 0.0485 e. The molecule has 21 heavy (non-hydrogen) atoms. The number of hydrogen-bond donors (Lipinski definition) is 1. The Hall–Kier alpha value is -0.610. The van der Waals surface area contributed by atoms with Gasteiger partial charge in [0.05, 0.1) is 0 Å². The van der Waals surface area contributed by atoms with Gasteiger partial charge in [-0.05, 0) is 50.4 Å². The molecule has 0 amide bonds. The van der Waals surface area contributed by atoms with Gasteiger partial charge in [-0.25, -0.2) is 0 Å². The predicted molar refractivity (Wildman–Crippen MR) is 88.6 cm³/mol. The molecule has 0 aromatic heterocycles. The fraction of sp³-hybridized carbons (Fsp3) is 0.647. The average Bonchev–Trinajstić information content (AvgIpc) is 2.50. The molecule has 3 nitrogen and oxygen atoms in total. The van der Waals surface area contributed by atoms with Gasteiger partial charge in [-0.3, -0.25) is 4.90 Å². The van der Waals surface area contributed by atoms with Crippen molar-refractivity contribution in [3.63, 3.8) is 0 Å². The third kappa shape index (κ3) is 3.11. The van der Waals surface area contributed by atoms with E-state index in [0.29, 0.717) is 6.54 Å². The number of rotatable bonds is 3. The lowest BCUT2D eigenvalue weighted by Crippen LogP contribution is -2.54. The van der Waals surface area contributed by atoms with Crippen molar-refractivity contribution in [2.75, 3.05) is 33.2 Å². The van der Waals surface area contributed by atoms with Crippen LogP contribution in [0.3, 0.4) is 0 Å². The van der Waals surface area contributed by atoms with Crippen LogP contribution in [0.1, 0.15) is 30.9 Å². The lowest BCUT2D eigenvalue weighted by atomic mass is 9.83. The van der Waals surface area contributed by atoms with Crippen LogP contribution in [0, 0.1) is 5.92 Å². The summed E-state index contributed by atoms with van der Waals surface area (Å²) < 4.78 is 0. The van der Waals surface area contributed by atoms with Gasteiger partial charge >= 0.3 is 0 Å². The Morgan fingerprint density at radius 3 is 2.86 bits per heavy atom. The van der Waals surface area contributed by atoms with Crippen LogP contribution in [0.4, 0.5) is 0 Å². The van der Waals surface area contributed by atoms with Crippen molar-refractivity contribution in [1.82, 2.24) is 9.80 Å². The monoisotopic (exact) mass is 307 g/mol. The summed E-state index contributed by atoms with van der Waals surface area (Å²) in [6.45, 7) is 4.17. The van der Waals surface area contributed by atoms with Crippen molar-refractivity contribution < 1.29 is 0 Å². The Morgan fingerprint density at radius 2 is 2.10 bits per heavy atom. The largest absolute Gasteiger partial charge is 0.329 e. The normalized spacial score (nSPS) is 29.1. The zero-order chi connectivity index (χ0) is 14.8. The van der Waals surface area contributed by atoms with E-state index in [9.17, 15) is 0 Å². The molecule has 0 aliphatic carbocycles. The number of hydrogen-bond acceptors (Lipinski definition) is 3. The molecule has 0 radical (unpaired) electrons. The number of benzene rings is 1. The highest BCUT2D eigenvalue weighted by molar-refractivity contribution is 6.31. The summed E-state index contributed by atoms with van der Waals surface area (Å²) in [6, 6.07) is 9.17. The molecule has 2 fully saturated rings. The second-order valence-electron chi connectivity index (χ2n) is 6.51. The molecule has 2 aliphatic rings. The zero-order valence-electron chi connectivity index (χ0n) is 12.8. The first-order valence-corrected chi connectivity index (χ1v) is 8.47. The zero-order valence-corrected chi connectivity index (χ0v) is 13.6. The Morgan fingerprint density at radius 1 is 1.29 bits per heavy atom. The summed E-state index contributed by atoms with van der Waals surface area (Å²) >= 11 is 6.39. The van der Waals surface area contributed by atoms with Crippen molar-refractivity contribution in [1.29, 1.82) is 0 Å². The van der Waals surface area contributed by atoms with Gasteiger partial charge in [0, 0.05) is 36.7 Å². The van der Waals surface area contributed by atoms with Crippen molar-refractivity contribution in [2.24, 2.45) is 11.7 Å². The molecular weight excluding hydrogens is 282 g/mol. The van der Waals surface area contributed by atoms with Gasteiger partial charge in [-0.15, -0.1) is 0 Å². The van der Waals surface area contributed by atoms with Crippen molar-refractivity contribution in [3.05, 3.63) is 34.9 Å². The molecule has 0 saturated carbocycles. The molecule has 2 aliphatic heterocycles. The summed E-state index contributed by atoms with van der Waals surface area (Å²) in [5.74, 6) is 0.786. The number of likely N-dealkylation sites (tertiary alicyclic amines) is 2. The van der Waals surface area contributed by atoms with E-state index in [2.05, 4.69) is 29.0 Å². The molecule has 3 rings (SSSR count). The molecular formula is C17H26ClN3. The lowest BCUT2D eigenvalue weighted by molar-refractivity contribution is 0.0211. The quantitative estimate of drug-likeness (QED) is 0.932. The van der Waals surface area contributed by atoms with Crippen LogP contribution in [-0.4, -0.2) is 49.1 Å². The van der Waals surface area contributed by atoms with Crippen LogP contribution >= 0.6 is 11.6 Å².